The molecule has 5 heteroatoms. The molecule has 0 radical (unpaired) electrons. The number of nitrogens with one attached hydrogen (secondary N) is 1. The number of thioether (sulfide) groups is 1. The zero-order chi connectivity index (χ0) is 12.2. The van der Waals surface area contributed by atoms with Crippen LogP contribution in [0.25, 0.3) is 0 Å². The van der Waals surface area contributed by atoms with Gasteiger partial charge in [0, 0.05) is 11.1 Å². The molecule has 1 fully saturated rings. The molecule has 18 heavy (non-hydrogen) atoms. The van der Waals surface area contributed by atoms with Gasteiger partial charge in [-0.25, -0.2) is 4.98 Å². The minimum Gasteiger partial charge on any atom is -0.357 e. The van der Waals surface area contributed by atoms with E-state index in [2.05, 4.69) is 39.6 Å². The zero-order valence-corrected chi connectivity index (χ0v) is 11.4. The summed E-state index contributed by atoms with van der Waals surface area (Å²) in [5.74, 6) is 1.04. The molecule has 1 N–H and O–H groups in total. The quantitative estimate of drug-likeness (QED) is 0.935. The van der Waals surface area contributed by atoms with Crippen LogP contribution in [-0.2, 0) is 6.54 Å². The van der Waals surface area contributed by atoms with Gasteiger partial charge in [-0.05, 0) is 5.56 Å². The van der Waals surface area contributed by atoms with Crippen molar-refractivity contribution >= 4 is 28.3 Å². The van der Waals surface area contributed by atoms with Crippen LogP contribution >= 0.6 is 23.1 Å². The van der Waals surface area contributed by atoms with Crippen molar-refractivity contribution in [3.63, 3.8) is 0 Å². The number of aromatic nitrogens is 1. The van der Waals surface area contributed by atoms with Gasteiger partial charge in [0.2, 0.25) is 0 Å². The van der Waals surface area contributed by atoms with Crippen molar-refractivity contribution in [3.8, 4) is 0 Å². The second kappa shape index (κ2) is 5.54. The Morgan fingerprint density at radius 3 is 3.00 bits per heavy atom. The summed E-state index contributed by atoms with van der Waals surface area (Å²) in [5, 5.41) is 6.52. The van der Waals surface area contributed by atoms with Crippen LogP contribution < -0.4 is 5.32 Å². The van der Waals surface area contributed by atoms with E-state index in [0.717, 1.165) is 16.6 Å². The molecule has 0 spiro atoms. The molecule has 0 amide bonds. The lowest BCUT2D eigenvalue weighted by Crippen LogP contribution is -2.19. The number of nitrogens with zero attached hydrogens (tertiary/aromatic N) is 2. The van der Waals surface area contributed by atoms with Crippen molar-refractivity contribution in [2.24, 2.45) is 4.99 Å². The summed E-state index contributed by atoms with van der Waals surface area (Å²) in [6.45, 7) is 0.667. The summed E-state index contributed by atoms with van der Waals surface area (Å²) < 4.78 is 0. The monoisotopic (exact) mass is 275 g/mol. The Hall–Kier alpha value is -1.33. The molecule has 1 unspecified atom stereocenters. The van der Waals surface area contributed by atoms with Gasteiger partial charge in [-0.15, -0.1) is 11.3 Å². The molecule has 3 nitrogen and oxygen atoms in total. The van der Waals surface area contributed by atoms with E-state index < -0.39 is 0 Å². The standard InChI is InChI=1S/C13H13N3S2/c1-2-4-10(5-3-1)12-8-18-13(16-12)14-6-11-7-17-9-15-11/h1-5,7,9,12H,6,8H2,(H,14,16). The number of aliphatic imine (C=N–C) groups is 1. The van der Waals surface area contributed by atoms with E-state index >= 15 is 0 Å². The highest BCUT2D eigenvalue weighted by molar-refractivity contribution is 8.14. The highest BCUT2D eigenvalue weighted by Crippen LogP contribution is 2.26. The van der Waals surface area contributed by atoms with E-state index in [-0.39, 0.29) is 0 Å². The molecular weight excluding hydrogens is 262 g/mol. The normalized spacial score (nSPS) is 21.1. The summed E-state index contributed by atoms with van der Waals surface area (Å²) in [7, 11) is 0. The summed E-state index contributed by atoms with van der Waals surface area (Å²) in [5.41, 5.74) is 4.21. The van der Waals surface area contributed by atoms with Crippen LogP contribution in [0.4, 0.5) is 0 Å². The van der Waals surface area contributed by atoms with E-state index in [9.17, 15) is 0 Å². The van der Waals surface area contributed by atoms with Crippen molar-refractivity contribution in [2.75, 3.05) is 5.75 Å². The SMILES string of the molecule is c1ccc(C2CSC(=NCc3cscn3)N2)cc1. The third-order valence-corrected chi connectivity index (χ3v) is 4.41. The molecule has 1 atom stereocenters. The van der Waals surface area contributed by atoms with Crippen molar-refractivity contribution in [1.82, 2.24) is 10.3 Å². The van der Waals surface area contributed by atoms with E-state index in [1.807, 2.05) is 17.0 Å². The number of hydrogen-bond donors (Lipinski definition) is 1. The Morgan fingerprint density at radius 2 is 2.22 bits per heavy atom. The van der Waals surface area contributed by atoms with Gasteiger partial charge in [-0.1, -0.05) is 42.1 Å². The zero-order valence-electron chi connectivity index (χ0n) is 9.74. The van der Waals surface area contributed by atoms with Crippen molar-refractivity contribution in [1.29, 1.82) is 0 Å². The molecule has 1 saturated heterocycles. The molecule has 1 aliphatic heterocycles. The van der Waals surface area contributed by atoms with Gasteiger partial charge in [-0.3, -0.25) is 4.99 Å². The molecule has 0 bridgehead atoms. The van der Waals surface area contributed by atoms with Crippen LogP contribution in [0.3, 0.4) is 0 Å². The van der Waals surface area contributed by atoms with Gasteiger partial charge in [0.25, 0.3) is 0 Å². The molecule has 1 aliphatic rings. The van der Waals surface area contributed by atoms with Gasteiger partial charge in [0.05, 0.1) is 23.8 Å². The average Bonchev–Trinajstić information content (AvgIpc) is 3.09. The first kappa shape index (κ1) is 11.7. The minimum absolute atomic E-state index is 0.380. The number of amidine groups is 1. The second-order valence-corrected chi connectivity index (χ2v) is 5.75. The first-order valence-corrected chi connectivity index (χ1v) is 7.70. The number of benzene rings is 1. The van der Waals surface area contributed by atoms with Crippen LogP contribution in [-0.4, -0.2) is 15.9 Å². The fraction of sp³-hybridized carbons (Fsp3) is 0.231. The molecule has 0 saturated carbocycles. The van der Waals surface area contributed by atoms with Crippen LogP contribution in [0.15, 0.2) is 46.2 Å². The van der Waals surface area contributed by atoms with Crippen molar-refractivity contribution in [2.45, 2.75) is 12.6 Å². The van der Waals surface area contributed by atoms with Crippen molar-refractivity contribution < 1.29 is 0 Å². The van der Waals surface area contributed by atoms with E-state index in [1.54, 1.807) is 23.1 Å². The number of rotatable bonds is 3. The Bertz CT molecular complexity index is 522. The average molecular weight is 275 g/mol. The highest BCUT2D eigenvalue weighted by atomic mass is 32.2. The fourth-order valence-electron chi connectivity index (χ4n) is 1.82. The maximum absolute atomic E-state index is 4.55. The number of hydrogen-bond acceptors (Lipinski definition) is 4. The lowest BCUT2D eigenvalue weighted by molar-refractivity contribution is 0.748. The largest absolute Gasteiger partial charge is 0.357 e. The Kier molecular flexibility index (Phi) is 3.61. The fourth-order valence-corrected chi connectivity index (χ4v) is 3.35. The second-order valence-electron chi connectivity index (χ2n) is 4.02. The summed E-state index contributed by atoms with van der Waals surface area (Å²) in [4.78, 5) is 8.78. The van der Waals surface area contributed by atoms with Gasteiger partial charge >= 0.3 is 0 Å². The maximum Gasteiger partial charge on any atom is 0.157 e. The van der Waals surface area contributed by atoms with Gasteiger partial charge in [-0.2, -0.15) is 0 Å². The molecule has 2 aromatic rings. The van der Waals surface area contributed by atoms with Crippen LogP contribution in [0.2, 0.25) is 0 Å². The topological polar surface area (TPSA) is 37.3 Å². The lowest BCUT2D eigenvalue weighted by Gasteiger charge is -2.09. The Labute approximate surface area is 114 Å². The first-order chi connectivity index (χ1) is 8.92. The summed E-state index contributed by atoms with van der Waals surface area (Å²) in [6, 6.07) is 10.9. The van der Waals surface area contributed by atoms with E-state index in [4.69, 9.17) is 0 Å². The van der Waals surface area contributed by atoms with Crippen LogP contribution in [0.5, 0.6) is 0 Å². The van der Waals surface area contributed by atoms with Gasteiger partial charge < -0.3 is 5.32 Å². The molecule has 2 heterocycles. The smallest absolute Gasteiger partial charge is 0.157 e. The van der Waals surface area contributed by atoms with E-state index in [1.165, 1.54) is 5.56 Å². The van der Waals surface area contributed by atoms with Crippen LogP contribution in [0, 0.1) is 0 Å². The summed E-state index contributed by atoms with van der Waals surface area (Å²) in [6.07, 6.45) is 0. The molecule has 92 valence electrons. The molecule has 3 rings (SSSR count). The van der Waals surface area contributed by atoms with Crippen LogP contribution in [0.1, 0.15) is 17.3 Å². The third kappa shape index (κ3) is 2.73. The number of thiazole rings is 1. The minimum atomic E-state index is 0.380. The Balaban J connectivity index is 1.63. The molecule has 0 aliphatic carbocycles. The molecular formula is C13H13N3S2. The predicted octanol–water partition coefficient (Wildman–Crippen LogP) is 3.08. The predicted molar refractivity (Wildman–Crippen MR) is 78.0 cm³/mol. The summed E-state index contributed by atoms with van der Waals surface area (Å²) >= 11 is 3.39. The van der Waals surface area contributed by atoms with Gasteiger partial charge in [0.1, 0.15) is 0 Å². The maximum atomic E-state index is 4.55. The third-order valence-electron chi connectivity index (χ3n) is 2.75. The van der Waals surface area contributed by atoms with Crippen molar-refractivity contribution in [3.05, 3.63) is 52.5 Å². The lowest BCUT2D eigenvalue weighted by atomic mass is 10.1. The van der Waals surface area contributed by atoms with E-state index in [0.29, 0.717) is 12.6 Å². The molecule has 1 aromatic heterocycles. The van der Waals surface area contributed by atoms with Gasteiger partial charge in [0.15, 0.2) is 5.17 Å². The first-order valence-electron chi connectivity index (χ1n) is 5.77. The highest BCUT2D eigenvalue weighted by Gasteiger charge is 2.21. The Morgan fingerprint density at radius 1 is 1.33 bits per heavy atom. The molecule has 1 aromatic carbocycles.